The van der Waals surface area contributed by atoms with Crippen LogP contribution >= 0.6 is 0 Å². The zero-order valence-corrected chi connectivity index (χ0v) is 22.1. The third-order valence-corrected chi connectivity index (χ3v) is 6.73. The van der Waals surface area contributed by atoms with Crippen LogP contribution in [0.4, 0.5) is 0 Å². The second kappa shape index (κ2) is 14.8. The Morgan fingerprint density at radius 2 is 2.00 bits per heavy atom. The number of cyclic esters (lactones) is 1. The van der Waals surface area contributed by atoms with E-state index in [-0.39, 0.29) is 36.6 Å². The monoisotopic (exact) mass is 478 g/mol. The normalized spacial score (nSPS) is 29.4. The summed E-state index contributed by atoms with van der Waals surface area (Å²) in [6, 6.07) is 0. The third kappa shape index (κ3) is 8.95. The molecule has 194 valence electrons. The van der Waals surface area contributed by atoms with Crippen molar-refractivity contribution < 1.29 is 28.5 Å². The van der Waals surface area contributed by atoms with Crippen molar-refractivity contribution in [3.8, 4) is 0 Å². The predicted octanol–water partition coefficient (Wildman–Crippen LogP) is 5.97. The fraction of sp³-hybridized carbons (Fsp3) is 0.750. The molecule has 0 unspecified atom stereocenters. The molecule has 0 radical (unpaired) electrons. The minimum absolute atomic E-state index is 0.154. The van der Waals surface area contributed by atoms with E-state index in [9.17, 15) is 4.79 Å². The van der Waals surface area contributed by atoms with Gasteiger partial charge in [-0.15, -0.1) is 0 Å². The van der Waals surface area contributed by atoms with Gasteiger partial charge in [0, 0.05) is 19.4 Å². The Morgan fingerprint density at radius 1 is 1.26 bits per heavy atom. The number of carbonyl (C=O) groups excluding carboxylic acids is 1. The van der Waals surface area contributed by atoms with Crippen LogP contribution in [-0.2, 0) is 28.5 Å². The highest BCUT2D eigenvalue weighted by molar-refractivity contribution is 5.72. The van der Waals surface area contributed by atoms with Gasteiger partial charge in [-0.25, -0.2) is 0 Å². The molecule has 0 aliphatic carbocycles. The van der Waals surface area contributed by atoms with E-state index in [0.29, 0.717) is 26.1 Å². The van der Waals surface area contributed by atoms with Gasteiger partial charge in [-0.1, -0.05) is 57.6 Å². The average molecular weight is 479 g/mol. The number of ether oxygens (including phenoxy) is 5. The summed E-state index contributed by atoms with van der Waals surface area (Å²) in [5.74, 6) is -0.561. The van der Waals surface area contributed by atoms with Gasteiger partial charge < -0.3 is 23.7 Å². The minimum atomic E-state index is -0.586. The van der Waals surface area contributed by atoms with E-state index in [4.69, 9.17) is 23.7 Å². The Balaban J connectivity index is 2.18. The van der Waals surface area contributed by atoms with Crippen molar-refractivity contribution in [2.45, 2.75) is 91.1 Å². The quantitative estimate of drug-likeness (QED) is 0.176. The molecular formula is C28H46O6. The van der Waals surface area contributed by atoms with Crippen LogP contribution < -0.4 is 0 Å². The van der Waals surface area contributed by atoms with E-state index in [0.717, 1.165) is 25.7 Å². The lowest BCUT2D eigenvalue weighted by Crippen LogP contribution is -2.40. The summed E-state index contributed by atoms with van der Waals surface area (Å²) >= 11 is 0. The van der Waals surface area contributed by atoms with Gasteiger partial charge in [0.25, 0.3) is 0 Å². The summed E-state index contributed by atoms with van der Waals surface area (Å²) in [7, 11) is 1.61. The maximum Gasteiger partial charge on any atom is 0.309 e. The van der Waals surface area contributed by atoms with E-state index < -0.39 is 11.9 Å². The molecule has 0 bridgehead atoms. The Labute approximate surface area is 206 Å². The third-order valence-electron chi connectivity index (χ3n) is 6.73. The van der Waals surface area contributed by atoms with Crippen molar-refractivity contribution in [2.24, 2.45) is 17.8 Å². The van der Waals surface area contributed by atoms with Crippen molar-refractivity contribution >= 4 is 5.97 Å². The molecule has 34 heavy (non-hydrogen) atoms. The van der Waals surface area contributed by atoms with Gasteiger partial charge in [0.05, 0.1) is 19.1 Å². The number of esters is 1. The average Bonchev–Trinajstić information content (AvgIpc) is 3.30. The molecule has 0 amide bonds. The number of methoxy groups -OCH3 is 1. The van der Waals surface area contributed by atoms with Gasteiger partial charge in [-0.05, 0) is 51.0 Å². The highest BCUT2D eigenvalue weighted by atomic mass is 16.7. The lowest BCUT2D eigenvalue weighted by atomic mass is 9.88. The molecule has 2 rings (SSSR count). The van der Waals surface area contributed by atoms with Gasteiger partial charge in [0.15, 0.2) is 5.79 Å². The largest absolute Gasteiger partial charge is 0.455 e. The first kappa shape index (κ1) is 28.8. The summed E-state index contributed by atoms with van der Waals surface area (Å²) in [4.78, 5) is 13.0. The van der Waals surface area contributed by atoms with E-state index in [1.54, 1.807) is 7.11 Å². The number of rotatable bonds is 9. The zero-order valence-electron chi connectivity index (χ0n) is 22.1. The second-order valence-electron chi connectivity index (χ2n) is 9.80. The maximum atomic E-state index is 13.0. The molecular weight excluding hydrogens is 432 g/mol. The van der Waals surface area contributed by atoms with E-state index >= 15 is 0 Å². The molecule has 1 spiro atoms. The summed E-state index contributed by atoms with van der Waals surface area (Å²) in [6.07, 6.45) is 14.7. The molecule has 1 saturated heterocycles. The van der Waals surface area contributed by atoms with Crippen LogP contribution in [0.2, 0.25) is 0 Å². The van der Waals surface area contributed by atoms with Crippen molar-refractivity contribution in [1.82, 2.24) is 0 Å². The van der Waals surface area contributed by atoms with Crippen LogP contribution in [0.15, 0.2) is 36.0 Å². The highest BCUT2D eigenvalue weighted by Gasteiger charge is 2.42. The molecule has 6 heteroatoms. The van der Waals surface area contributed by atoms with Gasteiger partial charge >= 0.3 is 5.97 Å². The van der Waals surface area contributed by atoms with Gasteiger partial charge in [-0.2, -0.15) is 0 Å². The lowest BCUT2D eigenvalue weighted by Gasteiger charge is -2.35. The predicted molar refractivity (Wildman–Crippen MR) is 134 cm³/mol. The number of allylic oxidation sites excluding steroid dienone is 5. The number of hydrogen-bond donors (Lipinski definition) is 0. The van der Waals surface area contributed by atoms with Crippen molar-refractivity contribution in [1.29, 1.82) is 0 Å². The SMILES string of the molecule is CC/C=C/C(C)=C/[C@H](C)C[C@H](OCOC)[C@@H]1/C=C/CC[C@@H](C)C2(CC[C@H](C)C(=O)O1)OCCO2. The van der Waals surface area contributed by atoms with Crippen molar-refractivity contribution in [3.63, 3.8) is 0 Å². The topological polar surface area (TPSA) is 63.2 Å². The summed E-state index contributed by atoms with van der Waals surface area (Å²) in [6.45, 7) is 11.9. The van der Waals surface area contributed by atoms with Gasteiger partial charge in [0.1, 0.15) is 19.0 Å². The number of hydrogen-bond acceptors (Lipinski definition) is 6. The van der Waals surface area contributed by atoms with Crippen LogP contribution in [0.25, 0.3) is 0 Å². The van der Waals surface area contributed by atoms with E-state index in [2.05, 4.69) is 52.0 Å². The fourth-order valence-corrected chi connectivity index (χ4v) is 4.66. The lowest BCUT2D eigenvalue weighted by molar-refractivity contribution is -0.200. The smallest absolute Gasteiger partial charge is 0.309 e. The summed E-state index contributed by atoms with van der Waals surface area (Å²) in [5, 5.41) is 0. The van der Waals surface area contributed by atoms with Crippen molar-refractivity contribution in [2.75, 3.05) is 27.1 Å². The van der Waals surface area contributed by atoms with Crippen LogP contribution in [0, 0.1) is 17.8 Å². The molecule has 0 aromatic heterocycles. The molecule has 0 aromatic rings. The first-order valence-electron chi connectivity index (χ1n) is 12.9. The van der Waals surface area contributed by atoms with Gasteiger partial charge in [-0.3, -0.25) is 4.79 Å². The molecule has 0 N–H and O–H groups in total. The molecule has 1 fully saturated rings. The molecule has 5 atom stereocenters. The highest BCUT2D eigenvalue weighted by Crippen LogP contribution is 2.37. The molecule has 0 aromatic carbocycles. The van der Waals surface area contributed by atoms with Crippen LogP contribution in [0.1, 0.15) is 73.1 Å². The first-order chi connectivity index (χ1) is 16.3. The Morgan fingerprint density at radius 3 is 2.68 bits per heavy atom. The molecule has 2 aliphatic rings. The van der Waals surface area contributed by atoms with Crippen LogP contribution in [0.5, 0.6) is 0 Å². The van der Waals surface area contributed by atoms with E-state index in [1.807, 2.05) is 13.0 Å². The van der Waals surface area contributed by atoms with Gasteiger partial charge in [0.2, 0.25) is 0 Å². The molecule has 0 saturated carbocycles. The standard InChI is InChI=1S/C28H46O6/c1-7-8-11-21(2)18-22(3)19-26(31-20-30-6)25-13-10-9-12-24(5)28(32-16-17-33-28)15-14-23(4)27(29)34-25/h8,10-11,13,18,22-26H,7,9,12,14-17,19-20H2,1-6H3/b11-8+,13-10+,21-18+/t22-,23-,24+,25-,26-/m0/s1. The van der Waals surface area contributed by atoms with Crippen LogP contribution in [0.3, 0.4) is 0 Å². The Bertz CT molecular complexity index is 691. The molecule has 6 nitrogen and oxygen atoms in total. The number of carbonyl (C=O) groups is 1. The summed E-state index contributed by atoms with van der Waals surface area (Å²) in [5.41, 5.74) is 1.22. The Hall–Kier alpha value is -1.47. The zero-order chi connectivity index (χ0) is 25.0. The minimum Gasteiger partial charge on any atom is -0.455 e. The molecule has 2 aliphatic heterocycles. The Kier molecular flexibility index (Phi) is 12.5. The maximum absolute atomic E-state index is 13.0. The van der Waals surface area contributed by atoms with Crippen LogP contribution in [-0.4, -0.2) is 51.1 Å². The van der Waals surface area contributed by atoms with Crippen molar-refractivity contribution in [3.05, 3.63) is 36.0 Å². The van der Waals surface area contributed by atoms with E-state index in [1.165, 1.54) is 5.57 Å². The second-order valence-corrected chi connectivity index (χ2v) is 9.80. The fourth-order valence-electron chi connectivity index (χ4n) is 4.66. The summed E-state index contributed by atoms with van der Waals surface area (Å²) < 4.78 is 29.3. The first-order valence-corrected chi connectivity index (χ1v) is 12.9. The molecule has 2 heterocycles.